The second-order valence-corrected chi connectivity index (χ2v) is 5.40. The van der Waals surface area contributed by atoms with Gasteiger partial charge in [0.15, 0.2) is 0 Å². The van der Waals surface area contributed by atoms with Gasteiger partial charge in [0.25, 0.3) is 11.1 Å². The van der Waals surface area contributed by atoms with Crippen molar-refractivity contribution in [2.75, 3.05) is 13.2 Å². The molecule has 7 nitrogen and oxygen atoms in total. The van der Waals surface area contributed by atoms with E-state index >= 15 is 0 Å². The average Bonchev–Trinajstić information content (AvgIpc) is 2.64. The fourth-order valence-electron chi connectivity index (χ4n) is 2.38. The van der Waals surface area contributed by atoms with Crippen LogP contribution in [0, 0.1) is 5.82 Å². The van der Waals surface area contributed by atoms with Gasteiger partial charge in [-0.15, -0.1) is 0 Å². The van der Waals surface area contributed by atoms with Gasteiger partial charge in [-0.3, -0.25) is 19.5 Å². The molecule has 0 fully saturated rings. The zero-order valence-electron chi connectivity index (χ0n) is 13.6. The molecule has 134 valence electrons. The number of carbonyl (C=O) groups excluding carboxylic acids is 1. The first-order chi connectivity index (χ1) is 12.5. The molecule has 8 heteroatoms. The third kappa shape index (κ3) is 3.97. The van der Waals surface area contributed by atoms with Crippen LogP contribution in [0.4, 0.5) is 4.39 Å². The summed E-state index contributed by atoms with van der Waals surface area (Å²) in [6.45, 7) is -0.404. The van der Waals surface area contributed by atoms with Crippen LogP contribution in [0.15, 0.2) is 58.1 Å². The van der Waals surface area contributed by atoms with E-state index in [-0.39, 0.29) is 29.8 Å². The fraction of sp³-hybridized carbons (Fsp3) is 0.167. The molecular formula is C18H15FN2O5. The number of nitrogens with zero attached hydrogens (tertiary/aromatic N) is 1. The molecule has 0 saturated heterocycles. The molecule has 0 spiro atoms. The van der Waals surface area contributed by atoms with Crippen molar-refractivity contribution < 1.29 is 18.7 Å². The standard InChI is InChI=1S/C18H15FN2O5/c19-12-5-7-13(8-6-12)25-9-10-26-16(22)11-21-18(24)15-4-2-1-3-14(15)17(23)20-21/h1-8H,9-11H2,(H,20,23). The average molecular weight is 358 g/mol. The molecule has 0 radical (unpaired) electrons. The number of benzene rings is 2. The van der Waals surface area contributed by atoms with E-state index in [1.54, 1.807) is 12.1 Å². The van der Waals surface area contributed by atoms with Crippen molar-refractivity contribution in [2.24, 2.45) is 0 Å². The number of halogens is 1. The summed E-state index contributed by atoms with van der Waals surface area (Å²) in [7, 11) is 0. The van der Waals surface area contributed by atoms with Crippen molar-refractivity contribution in [3.63, 3.8) is 0 Å². The quantitative estimate of drug-likeness (QED) is 0.532. The highest BCUT2D eigenvalue weighted by Crippen LogP contribution is 2.10. The van der Waals surface area contributed by atoms with Crippen molar-refractivity contribution in [2.45, 2.75) is 6.54 Å². The Hall–Kier alpha value is -3.42. The second kappa shape index (κ2) is 7.64. The largest absolute Gasteiger partial charge is 0.490 e. The van der Waals surface area contributed by atoms with E-state index in [2.05, 4.69) is 5.10 Å². The Morgan fingerprint density at radius 1 is 1.00 bits per heavy atom. The van der Waals surface area contributed by atoms with Crippen LogP contribution in [0.25, 0.3) is 10.8 Å². The van der Waals surface area contributed by atoms with Gasteiger partial charge in [-0.05, 0) is 36.4 Å². The summed E-state index contributed by atoms with van der Waals surface area (Å²) in [6.07, 6.45) is 0. The summed E-state index contributed by atoms with van der Waals surface area (Å²) in [5.74, 6) is -0.628. The van der Waals surface area contributed by atoms with E-state index in [1.165, 1.54) is 36.4 Å². The number of hydrogen-bond donors (Lipinski definition) is 1. The van der Waals surface area contributed by atoms with Crippen LogP contribution in [0.1, 0.15) is 0 Å². The molecule has 2 aromatic carbocycles. The van der Waals surface area contributed by atoms with E-state index < -0.39 is 23.6 Å². The predicted molar refractivity (Wildman–Crippen MR) is 91.7 cm³/mol. The van der Waals surface area contributed by atoms with Gasteiger partial charge in [0.1, 0.15) is 31.3 Å². The molecule has 0 amide bonds. The summed E-state index contributed by atoms with van der Waals surface area (Å²) in [4.78, 5) is 36.1. The smallest absolute Gasteiger partial charge is 0.327 e. The van der Waals surface area contributed by atoms with Crippen molar-refractivity contribution in [1.29, 1.82) is 0 Å². The van der Waals surface area contributed by atoms with E-state index in [1.807, 2.05) is 0 Å². The number of esters is 1. The van der Waals surface area contributed by atoms with Crippen LogP contribution in [0.3, 0.4) is 0 Å². The number of fused-ring (bicyclic) bond motifs is 1. The third-order valence-corrected chi connectivity index (χ3v) is 3.60. The normalized spacial score (nSPS) is 10.7. The maximum Gasteiger partial charge on any atom is 0.327 e. The van der Waals surface area contributed by atoms with Gasteiger partial charge in [-0.2, -0.15) is 0 Å². The van der Waals surface area contributed by atoms with Crippen molar-refractivity contribution in [3.8, 4) is 5.75 Å². The van der Waals surface area contributed by atoms with Gasteiger partial charge in [0.05, 0.1) is 10.8 Å². The zero-order valence-corrected chi connectivity index (χ0v) is 13.6. The van der Waals surface area contributed by atoms with Crippen molar-refractivity contribution >= 4 is 16.7 Å². The van der Waals surface area contributed by atoms with E-state index in [9.17, 15) is 18.8 Å². The second-order valence-electron chi connectivity index (χ2n) is 5.40. The number of rotatable bonds is 6. The van der Waals surface area contributed by atoms with Gasteiger partial charge < -0.3 is 9.47 Å². The molecule has 0 atom stereocenters. The fourth-order valence-corrected chi connectivity index (χ4v) is 2.38. The van der Waals surface area contributed by atoms with Gasteiger partial charge in [0.2, 0.25) is 0 Å². The highest BCUT2D eigenvalue weighted by Gasteiger charge is 2.11. The lowest BCUT2D eigenvalue weighted by molar-refractivity contribution is -0.145. The first kappa shape index (κ1) is 17.4. The molecule has 0 aliphatic rings. The Bertz CT molecular complexity index is 1040. The lowest BCUT2D eigenvalue weighted by atomic mass is 10.2. The highest BCUT2D eigenvalue weighted by molar-refractivity contribution is 5.80. The van der Waals surface area contributed by atoms with Crippen molar-refractivity contribution in [3.05, 3.63) is 75.1 Å². The Balaban J connectivity index is 1.57. The first-order valence-corrected chi connectivity index (χ1v) is 7.80. The minimum atomic E-state index is -0.694. The van der Waals surface area contributed by atoms with Gasteiger partial charge in [-0.25, -0.2) is 9.07 Å². The molecule has 1 heterocycles. The maximum absolute atomic E-state index is 12.8. The lowest BCUT2D eigenvalue weighted by Gasteiger charge is -2.09. The molecule has 0 unspecified atom stereocenters. The summed E-state index contributed by atoms with van der Waals surface area (Å²) in [5.41, 5.74) is -0.952. The maximum atomic E-state index is 12.8. The molecule has 0 saturated carbocycles. The summed E-state index contributed by atoms with van der Waals surface area (Å²) in [5, 5.41) is 2.84. The van der Waals surface area contributed by atoms with E-state index in [0.29, 0.717) is 5.75 Å². The first-order valence-electron chi connectivity index (χ1n) is 7.80. The Kier molecular flexibility index (Phi) is 5.12. The number of hydrogen-bond acceptors (Lipinski definition) is 5. The number of nitrogens with one attached hydrogen (secondary N) is 1. The molecule has 0 aliphatic carbocycles. The Morgan fingerprint density at radius 3 is 2.42 bits per heavy atom. The number of H-pyrrole nitrogens is 1. The minimum Gasteiger partial charge on any atom is -0.490 e. The van der Waals surface area contributed by atoms with Crippen LogP contribution in [-0.2, 0) is 16.1 Å². The third-order valence-electron chi connectivity index (χ3n) is 3.60. The van der Waals surface area contributed by atoms with Crippen molar-refractivity contribution in [1.82, 2.24) is 9.78 Å². The van der Waals surface area contributed by atoms with Gasteiger partial charge >= 0.3 is 5.97 Å². The lowest BCUT2D eigenvalue weighted by Crippen LogP contribution is -2.33. The molecule has 3 aromatic rings. The van der Waals surface area contributed by atoms with E-state index in [0.717, 1.165) is 4.68 Å². The summed E-state index contributed by atoms with van der Waals surface area (Å²) < 4.78 is 23.9. The zero-order chi connectivity index (χ0) is 18.5. The SMILES string of the molecule is O=C(Cn1[nH]c(=O)c2ccccc2c1=O)OCCOc1ccc(F)cc1. The summed E-state index contributed by atoms with van der Waals surface area (Å²) in [6, 6.07) is 11.8. The van der Waals surface area contributed by atoms with Crippen LogP contribution < -0.4 is 15.9 Å². The van der Waals surface area contributed by atoms with Crippen LogP contribution >= 0.6 is 0 Å². The predicted octanol–water partition coefficient (Wildman–Crippen LogP) is 1.45. The topological polar surface area (TPSA) is 90.4 Å². The number of aromatic amines is 1. The van der Waals surface area contributed by atoms with E-state index in [4.69, 9.17) is 9.47 Å². The van der Waals surface area contributed by atoms with Gasteiger partial charge in [-0.1, -0.05) is 12.1 Å². The molecule has 1 N–H and O–H groups in total. The molecular weight excluding hydrogens is 343 g/mol. The molecule has 0 bridgehead atoms. The minimum absolute atomic E-state index is 0.0528. The molecule has 0 aliphatic heterocycles. The molecule has 1 aromatic heterocycles. The molecule has 26 heavy (non-hydrogen) atoms. The molecule has 3 rings (SSSR count). The highest BCUT2D eigenvalue weighted by atomic mass is 19.1. The Morgan fingerprint density at radius 2 is 1.69 bits per heavy atom. The summed E-state index contributed by atoms with van der Waals surface area (Å²) >= 11 is 0. The number of aromatic nitrogens is 2. The van der Waals surface area contributed by atoms with Crippen LogP contribution in [-0.4, -0.2) is 29.0 Å². The van der Waals surface area contributed by atoms with Crippen LogP contribution in [0.5, 0.6) is 5.75 Å². The number of carbonyl (C=O) groups is 1. The monoisotopic (exact) mass is 358 g/mol. The Labute approximate surface area is 146 Å². The van der Waals surface area contributed by atoms with Crippen LogP contribution in [0.2, 0.25) is 0 Å². The van der Waals surface area contributed by atoms with Gasteiger partial charge in [0, 0.05) is 0 Å². The number of ether oxygens (including phenoxy) is 2.